The Morgan fingerprint density at radius 3 is 2.74 bits per heavy atom. The summed E-state index contributed by atoms with van der Waals surface area (Å²) in [6, 6.07) is 2.39. The van der Waals surface area contributed by atoms with Gasteiger partial charge in [0.2, 0.25) is 0 Å². The number of pyridine rings is 1. The molecule has 0 saturated carbocycles. The minimum atomic E-state index is 0.393. The van der Waals surface area contributed by atoms with E-state index in [-0.39, 0.29) is 0 Å². The van der Waals surface area contributed by atoms with Gasteiger partial charge in [-0.1, -0.05) is 0 Å². The molecule has 0 atom stereocenters. The third-order valence-corrected chi connectivity index (χ3v) is 2.95. The Bertz CT molecular complexity index is 530. The van der Waals surface area contributed by atoms with E-state index in [9.17, 15) is 0 Å². The van der Waals surface area contributed by atoms with Crippen molar-refractivity contribution in [1.29, 1.82) is 0 Å². The van der Waals surface area contributed by atoms with Crippen molar-refractivity contribution in [2.24, 2.45) is 0 Å². The van der Waals surface area contributed by atoms with Gasteiger partial charge in [0.15, 0.2) is 0 Å². The Hall–Kier alpha value is -2.04. The summed E-state index contributed by atoms with van der Waals surface area (Å²) in [4.78, 5) is 6.23. The lowest BCUT2D eigenvalue weighted by atomic mass is 10.3. The van der Waals surface area contributed by atoms with Crippen LogP contribution in [0.2, 0.25) is 0 Å². The summed E-state index contributed by atoms with van der Waals surface area (Å²) in [5.41, 5.74) is 3.33. The lowest BCUT2D eigenvalue weighted by Crippen LogP contribution is -2.12. The van der Waals surface area contributed by atoms with E-state index in [2.05, 4.69) is 40.3 Å². The Kier molecular flexibility index (Phi) is 4.04. The van der Waals surface area contributed by atoms with E-state index in [4.69, 9.17) is 0 Å². The molecule has 0 amide bonds. The molecule has 0 fully saturated rings. The van der Waals surface area contributed by atoms with E-state index >= 15 is 0 Å². The summed E-state index contributed by atoms with van der Waals surface area (Å²) in [5.74, 6) is 0. The lowest BCUT2D eigenvalue weighted by molar-refractivity contribution is 0.532. The molecule has 2 heterocycles. The van der Waals surface area contributed by atoms with Crippen LogP contribution in [0.15, 0.2) is 30.9 Å². The van der Waals surface area contributed by atoms with Crippen molar-refractivity contribution >= 4 is 11.4 Å². The van der Waals surface area contributed by atoms with Crippen LogP contribution >= 0.6 is 0 Å². The molecule has 0 unspecified atom stereocenters. The van der Waals surface area contributed by atoms with Crippen molar-refractivity contribution in [3.63, 3.8) is 0 Å². The van der Waals surface area contributed by atoms with Gasteiger partial charge in [-0.15, -0.1) is 0 Å². The Morgan fingerprint density at radius 2 is 2.11 bits per heavy atom. The summed E-state index contributed by atoms with van der Waals surface area (Å²) in [5, 5.41) is 7.74. The third-order valence-electron chi connectivity index (χ3n) is 2.95. The number of rotatable bonds is 5. The number of nitrogens with one attached hydrogen (secondary N) is 1. The normalized spacial score (nSPS) is 10.8. The average molecular weight is 259 g/mol. The fourth-order valence-corrected chi connectivity index (χ4v) is 1.86. The first-order chi connectivity index (χ1) is 9.08. The number of aromatic nitrogens is 3. The average Bonchev–Trinajstić information content (AvgIpc) is 2.85. The predicted molar refractivity (Wildman–Crippen MR) is 78.5 cm³/mol. The Balaban J connectivity index is 2.06. The highest BCUT2D eigenvalue weighted by molar-refractivity contribution is 5.68. The van der Waals surface area contributed by atoms with Crippen molar-refractivity contribution in [2.45, 2.75) is 26.4 Å². The fraction of sp³-hybridized carbons (Fsp3) is 0.429. The first-order valence-electron chi connectivity index (χ1n) is 6.46. The molecule has 0 aliphatic carbocycles. The molecule has 2 rings (SSSR count). The van der Waals surface area contributed by atoms with Gasteiger partial charge in [-0.2, -0.15) is 5.10 Å². The van der Waals surface area contributed by atoms with E-state index in [1.807, 2.05) is 37.2 Å². The molecular weight excluding hydrogens is 238 g/mol. The largest absolute Gasteiger partial charge is 0.378 e. The smallest absolute Gasteiger partial charge is 0.0766 e. The maximum absolute atomic E-state index is 4.34. The lowest BCUT2D eigenvalue weighted by Gasteiger charge is -2.17. The highest BCUT2D eigenvalue weighted by Gasteiger charge is 2.05. The monoisotopic (exact) mass is 259 g/mol. The van der Waals surface area contributed by atoms with Crippen molar-refractivity contribution in [1.82, 2.24) is 14.8 Å². The van der Waals surface area contributed by atoms with Crippen molar-refractivity contribution in [3.8, 4) is 0 Å². The van der Waals surface area contributed by atoms with Crippen molar-refractivity contribution in [3.05, 3.63) is 36.4 Å². The van der Waals surface area contributed by atoms with Crippen LogP contribution < -0.4 is 10.2 Å². The van der Waals surface area contributed by atoms with Gasteiger partial charge in [0.1, 0.15) is 0 Å². The number of nitrogens with zero attached hydrogens (tertiary/aromatic N) is 4. The summed E-state index contributed by atoms with van der Waals surface area (Å²) < 4.78 is 1.97. The molecule has 0 saturated heterocycles. The zero-order chi connectivity index (χ0) is 13.8. The highest BCUT2D eigenvalue weighted by atomic mass is 15.3. The van der Waals surface area contributed by atoms with Gasteiger partial charge >= 0.3 is 0 Å². The molecule has 102 valence electrons. The minimum Gasteiger partial charge on any atom is -0.378 e. The molecule has 5 heteroatoms. The van der Waals surface area contributed by atoms with Gasteiger partial charge in [-0.05, 0) is 19.9 Å². The molecule has 0 radical (unpaired) electrons. The first-order valence-corrected chi connectivity index (χ1v) is 6.46. The molecule has 2 aromatic rings. The van der Waals surface area contributed by atoms with Crippen LogP contribution in [0.1, 0.15) is 25.5 Å². The number of hydrogen-bond donors (Lipinski definition) is 1. The van der Waals surface area contributed by atoms with E-state index in [1.54, 1.807) is 6.20 Å². The summed E-state index contributed by atoms with van der Waals surface area (Å²) in [6.45, 7) is 4.99. The summed E-state index contributed by atoms with van der Waals surface area (Å²) in [6.07, 6.45) is 7.63. The Labute approximate surface area is 114 Å². The number of hydrogen-bond acceptors (Lipinski definition) is 4. The van der Waals surface area contributed by atoms with Crippen LogP contribution in [0, 0.1) is 0 Å². The van der Waals surface area contributed by atoms with E-state index < -0.39 is 0 Å². The van der Waals surface area contributed by atoms with Crippen LogP contribution in [-0.4, -0.2) is 28.9 Å². The second-order valence-corrected chi connectivity index (χ2v) is 5.06. The molecule has 0 aliphatic rings. The topological polar surface area (TPSA) is 46.0 Å². The maximum Gasteiger partial charge on any atom is 0.0766 e. The van der Waals surface area contributed by atoms with E-state index in [0.29, 0.717) is 6.04 Å². The molecule has 0 spiro atoms. The molecule has 5 nitrogen and oxygen atoms in total. The maximum atomic E-state index is 4.34. The van der Waals surface area contributed by atoms with Crippen LogP contribution in [0.5, 0.6) is 0 Å². The molecule has 0 aliphatic heterocycles. The van der Waals surface area contributed by atoms with Gasteiger partial charge in [0.05, 0.1) is 23.8 Å². The SMILES string of the molecule is CC(C)n1cc(CNc2cnccc2N(C)C)cn1. The van der Waals surface area contributed by atoms with Crippen LogP contribution in [-0.2, 0) is 6.54 Å². The van der Waals surface area contributed by atoms with E-state index in [1.165, 1.54) is 5.56 Å². The zero-order valence-corrected chi connectivity index (χ0v) is 12.0. The molecule has 2 aromatic heterocycles. The molecule has 1 N–H and O–H groups in total. The van der Waals surface area contributed by atoms with Crippen LogP contribution in [0.25, 0.3) is 0 Å². The Morgan fingerprint density at radius 1 is 1.32 bits per heavy atom. The molecule has 19 heavy (non-hydrogen) atoms. The number of anilines is 2. The van der Waals surface area contributed by atoms with Crippen molar-refractivity contribution < 1.29 is 0 Å². The third kappa shape index (κ3) is 3.24. The van der Waals surface area contributed by atoms with Gasteiger partial charge < -0.3 is 10.2 Å². The van der Waals surface area contributed by atoms with Crippen LogP contribution in [0.3, 0.4) is 0 Å². The van der Waals surface area contributed by atoms with E-state index in [0.717, 1.165) is 17.9 Å². The zero-order valence-electron chi connectivity index (χ0n) is 12.0. The molecule has 0 bridgehead atoms. The predicted octanol–water partition coefficient (Wildman–Crippen LogP) is 2.54. The van der Waals surface area contributed by atoms with Crippen LogP contribution in [0.4, 0.5) is 11.4 Å². The van der Waals surface area contributed by atoms with Gasteiger partial charge in [-0.3, -0.25) is 9.67 Å². The van der Waals surface area contributed by atoms with Gasteiger partial charge in [0.25, 0.3) is 0 Å². The molecular formula is C14H21N5. The van der Waals surface area contributed by atoms with Gasteiger partial charge in [-0.25, -0.2) is 0 Å². The highest BCUT2D eigenvalue weighted by Crippen LogP contribution is 2.22. The minimum absolute atomic E-state index is 0.393. The second kappa shape index (κ2) is 5.73. The quantitative estimate of drug-likeness (QED) is 0.896. The first kappa shape index (κ1) is 13.4. The molecule has 0 aromatic carbocycles. The standard InChI is InChI=1S/C14H21N5/c1-11(2)19-10-12(8-17-19)7-16-13-9-15-6-5-14(13)18(3)4/h5-6,8-11,16H,7H2,1-4H3. The van der Waals surface area contributed by atoms with Gasteiger partial charge in [0, 0.05) is 44.6 Å². The van der Waals surface area contributed by atoms with Crippen molar-refractivity contribution in [2.75, 3.05) is 24.3 Å². The fourth-order valence-electron chi connectivity index (χ4n) is 1.86. The summed E-state index contributed by atoms with van der Waals surface area (Å²) in [7, 11) is 4.05. The summed E-state index contributed by atoms with van der Waals surface area (Å²) >= 11 is 0. The second-order valence-electron chi connectivity index (χ2n) is 5.06.